The molecule has 11 heteroatoms. The van der Waals surface area contributed by atoms with Crippen molar-refractivity contribution >= 4 is 17.6 Å². The van der Waals surface area contributed by atoms with Gasteiger partial charge in [0.15, 0.2) is 0 Å². The van der Waals surface area contributed by atoms with E-state index in [1.54, 1.807) is 20.8 Å². The monoisotopic (exact) mass is 478 g/mol. The van der Waals surface area contributed by atoms with Crippen LogP contribution in [0.2, 0.25) is 0 Å². The van der Waals surface area contributed by atoms with E-state index in [9.17, 15) is 22.8 Å². The molecule has 3 rings (SSSR count). The molecular weight excluding hydrogens is 453 g/mol. The molecule has 1 atom stereocenters. The fraction of sp³-hybridized carbons (Fsp3) is 0.348. The molecule has 0 radical (unpaired) electrons. The maximum absolute atomic E-state index is 13.4. The lowest BCUT2D eigenvalue weighted by molar-refractivity contribution is -0.140. The highest BCUT2D eigenvalue weighted by Gasteiger charge is 2.43. The van der Waals surface area contributed by atoms with Crippen LogP contribution in [-0.2, 0) is 25.2 Å². The van der Waals surface area contributed by atoms with Crippen LogP contribution in [0.3, 0.4) is 0 Å². The van der Waals surface area contributed by atoms with Gasteiger partial charge in [-0.1, -0.05) is 6.07 Å². The third-order valence-electron chi connectivity index (χ3n) is 5.24. The van der Waals surface area contributed by atoms with Crippen molar-refractivity contribution in [3.8, 4) is 0 Å². The Hall–Kier alpha value is -3.76. The number of carbonyl (C=O) groups excluding carboxylic acids is 2. The highest BCUT2D eigenvalue weighted by Crippen LogP contribution is 2.43. The lowest BCUT2D eigenvalue weighted by Gasteiger charge is -2.36. The second-order valence-corrected chi connectivity index (χ2v) is 7.51. The summed E-state index contributed by atoms with van der Waals surface area (Å²) in [6.45, 7) is 6.53. The largest absolute Gasteiger partial charge is 0.463 e. The maximum atomic E-state index is 13.4. The van der Waals surface area contributed by atoms with E-state index in [2.05, 4.69) is 9.97 Å². The summed E-state index contributed by atoms with van der Waals surface area (Å²) in [5.41, 5.74) is 6.24. The third-order valence-corrected chi connectivity index (χ3v) is 5.24. The number of hydrogen-bond acceptors (Lipinski definition) is 7. The van der Waals surface area contributed by atoms with Crippen molar-refractivity contribution in [2.75, 3.05) is 18.1 Å². The van der Waals surface area contributed by atoms with Gasteiger partial charge in [-0.15, -0.1) is 0 Å². The number of aromatic amines is 1. The number of hydrogen-bond donors (Lipinski definition) is 2. The van der Waals surface area contributed by atoms with E-state index >= 15 is 0 Å². The highest BCUT2D eigenvalue weighted by atomic mass is 19.4. The summed E-state index contributed by atoms with van der Waals surface area (Å²) in [6, 6.07) is 4.42. The number of alkyl halides is 3. The van der Waals surface area contributed by atoms with Crippen molar-refractivity contribution in [1.29, 1.82) is 0 Å². The Morgan fingerprint density at radius 1 is 1.12 bits per heavy atom. The predicted molar refractivity (Wildman–Crippen MR) is 117 cm³/mol. The summed E-state index contributed by atoms with van der Waals surface area (Å²) in [5, 5.41) is 0. The number of aromatic nitrogens is 2. The van der Waals surface area contributed by atoms with E-state index in [0.717, 1.165) is 12.1 Å². The molecule has 2 aromatic rings. The van der Waals surface area contributed by atoms with Gasteiger partial charge < -0.3 is 25.1 Å². The van der Waals surface area contributed by atoms with E-state index in [1.165, 1.54) is 30.2 Å². The average Bonchev–Trinajstić information content (AvgIpc) is 3.19. The van der Waals surface area contributed by atoms with Crippen molar-refractivity contribution < 1.29 is 32.2 Å². The molecule has 1 aromatic heterocycles. The van der Waals surface area contributed by atoms with Crippen LogP contribution in [0.5, 0.6) is 0 Å². The summed E-state index contributed by atoms with van der Waals surface area (Å²) in [7, 11) is 0. The Morgan fingerprint density at radius 3 is 2.26 bits per heavy atom. The second kappa shape index (κ2) is 9.62. The molecule has 3 N–H and O–H groups in total. The van der Waals surface area contributed by atoms with Crippen LogP contribution in [0.1, 0.15) is 43.8 Å². The lowest BCUT2D eigenvalue weighted by Crippen LogP contribution is -2.39. The number of halogens is 3. The van der Waals surface area contributed by atoms with Crippen LogP contribution in [0.15, 0.2) is 53.1 Å². The number of ether oxygens (including phenoxy) is 2. The molecule has 0 amide bonds. The first-order valence-electron chi connectivity index (χ1n) is 10.5. The van der Waals surface area contributed by atoms with Gasteiger partial charge in [-0.25, -0.2) is 14.6 Å². The number of anilines is 1. The quantitative estimate of drug-likeness (QED) is 0.606. The van der Waals surface area contributed by atoms with E-state index in [1.807, 2.05) is 0 Å². The summed E-state index contributed by atoms with van der Waals surface area (Å²) < 4.78 is 50.6. The van der Waals surface area contributed by atoms with Crippen molar-refractivity contribution in [2.24, 2.45) is 5.73 Å². The van der Waals surface area contributed by atoms with Crippen LogP contribution in [-0.4, -0.2) is 35.1 Å². The maximum Gasteiger partial charge on any atom is 0.416 e. The molecule has 2 heterocycles. The molecule has 0 bridgehead atoms. The topological polar surface area (TPSA) is 111 Å². The smallest absolute Gasteiger partial charge is 0.416 e. The second-order valence-electron chi connectivity index (χ2n) is 7.51. The Morgan fingerprint density at radius 2 is 1.74 bits per heavy atom. The van der Waals surface area contributed by atoms with Crippen molar-refractivity contribution in [1.82, 2.24) is 9.97 Å². The van der Waals surface area contributed by atoms with Crippen LogP contribution in [0, 0.1) is 6.92 Å². The summed E-state index contributed by atoms with van der Waals surface area (Å²) in [4.78, 5) is 34.6. The van der Waals surface area contributed by atoms with Gasteiger partial charge >= 0.3 is 18.1 Å². The zero-order chi connectivity index (χ0) is 25.2. The SMILES string of the molecule is CCOC(=O)C1=C(C)N(c2cccc(C(F)(F)F)c2)C(N)=C(C(=O)OCC)C1c1ncc(C)[nH]1. The third kappa shape index (κ3) is 4.63. The number of carbonyl (C=O) groups is 2. The zero-order valence-corrected chi connectivity index (χ0v) is 19.1. The van der Waals surface area contributed by atoms with Gasteiger partial charge in [0.1, 0.15) is 11.6 Å². The van der Waals surface area contributed by atoms with Crippen molar-refractivity contribution in [2.45, 2.75) is 39.8 Å². The van der Waals surface area contributed by atoms with Gasteiger partial charge in [0, 0.05) is 23.3 Å². The van der Waals surface area contributed by atoms with Crippen molar-refractivity contribution in [3.05, 3.63) is 70.2 Å². The van der Waals surface area contributed by atoms with Gasteiger partial charge in [-0.05, 0) is 45.9 Å². The van der Waals surface area contributed by atoms with E-state index in [0.29, 0.717) is 5.69 Å². The van der Waals surface area contributed by atoms with Crippen LogP contribution in [0.25, 0.3) is 0 Å². The molecule has 0 saturated heterocycles. The van der Waals surface area contributed by atoms with Gasteiger partial charge in [0.2, 0.25) is 0 Å². The summed E-state index contributed by atoms with van der Waals surface area (Å²) in [6.07, 6.45) is -3.09. The standard InChI is InChI=1S/C23H25F3N4O4/c1-5-33-21(31)16-13(4)30(15-9-7-8-14(10-15)23(24,25)26)19(27)18(22(32)34-6-2)17(16)20-28-11-12(3)29-20/h7-11,17H,5-6,27H2,1-4H3,(H,28,29). The molecule has 1 aliphatic heterocycles. The fourth-order valence-electron chi connectivity index (χ4n) is 3.84. The van der Waals surface area contributed by atoms with Gasteiger partial charge in [0.05, 0.1) is 35.8 Å². The van der Waals surface area contributed by atoms with Gasteiger partial charge in [-0.3, -0.25) is 0 Å². The Bertz CT molecular complexity index is 1120. The molecular formula is C23H25F3N4O4. The van der Waals surface area contributed by atoms with E-state index < -0.39 is 29.6 Å². The number of imidazole rings is 1. The molecule has 0 fully saturated rings. The molecule has 0 aliphatic carbocycles. The first-order chi connectivity index (χ1) is 16.0. The Labute approximate surface area is 194 Å². The minimum atomic E-state index is -4.61. The van der Waals surface area contributed by atoms with E-state index in [-0.39, 0.29) is 47.4 Å². The van der Waals surface area contributed by atoms with Gasteiger partial charge in [0.25, 0.3) is 0 Å². The Kier molecular flexibility index (Phi) is 7.04. The van der Waals surface area contributed by atoms with E-state index in [4.69, 9.17) is 15.2 Å². The van der Waals surface area contributed by atoms with Gasteiger partial charge in [-0.2, -0.15) is 13.2 Å². The zero-order valence-electron chi connectivity index (χ0n) is 19.1. The number of aryl methyl sites for hydroxylation is 1. The number of nitrogens with one attached hydrogen (secondary N) is 1. The van der Waals surface area contributed by atoms with Crippen LogP contribution in [0.4, 0.5) is 18.9 Å². The molecule has 0 spiro atoms. The molecule has 34 heavy (non-hydrogen) atoms. The summed E-state index contributed by atoms with van der Waals surface area (Å²) >= 11 is 0. The number of rotatable bonds is 6. The first-order valence-corrected chi connectivity index (χ1v) is 10.5. The Balaban J connectivity index is 2.32. The molecule has 8 nitrogen and oxygen atoms in total. The predicted octanol–water partition coefficient (Wildman–Crippen LogP) is 3.91. The van der Waals surface area contributed by atoms with Crippen LogP contribution >= 0.6 is 0 Å². The number of nitrogens with two attached hydrogens (primary N) is 1. The number of esters is 2. The normalized spacial score (nSPS) is 16.7. The minimum Gasteiger partial charge on any atom is -0.463 e. The molecule has 1 aliphatic rings. The number of benzene rings is 1. The number of H-pyrrole nitrogens is 1. The fourth-order valence-corrected chi connectivity index (χ4v) is 3.84. The molecule has 1 aromatic carbocycles. The number of allylic oxidation sites excluding steroid dienone is 1. The molecule has 1 unspecified atom stereocenters. The summed E-state index contributed by atoms with van der Waals surface area (Å²) in [5.74, 6) is -2.60. The average molecular weight is 478 g/mol. The molecule has 0 saturated carbocycles. The number of nitrogens with zero attached hydrogens (tertiary/aromatic N) is 2. The van der Waals surface area contributed by atoms with Crippen LogP contribution < -0.4 is 10.6 Å². The molecule has 182 valence electrons. The highest BCUT2D eigenvalue weighted by molar-refractivity contribution is 6.01. The minimum absolute atomic E-state index is 0.00543. The first kappa shape index (κ1) is 24.9. The lowest BCUT2D eigenvalue weighted by atomic mass is 9.84. The van der Waals surface area contributed by atoms with Crippen molar-refractivity contribution in [3.63, 3.8) is 0 Å².